The van der Waals surface area contributed by atoms with Crippen molar-refractivity contribution in [3.8, 4) is 0 Å². The summed E-state index contributed by atoms with van der Waals surface area (Å²) in [5.74, 6) is -1.78. The maximum Gasteiger partial charge on any atom is 0.303 e. The molecule has 0 spiro atoms. The topological polar surface area (TPSA) is 132 Å². The molecule has 8 nitrogen and oxygen atoms in total. The normalized spacial score (nSPS) is 12.7. The summed E-state index contributed by atoms with van der Waals surface area (Å²) in [6, 6.07) is 7.88. The summed E-state index contributed by atoms with van der Waals surface area (Å²) in [7, 11) is 0. The Balaban J connectivity index is 0.00000423. The Bertz CT molecular complexity index is 1920. The minimum Gasteiger partial charge on any atom is -0.481 e. The fraction of sp³-hybridized carbons (Fsp3) is 0.235. The average Bonchev–Trinajstić information content (AvgIpc) is 3.59. The summed E-state index contributed by atoms with van der Waals surface area (Å²) in [5, 5.41) is 18.9. The van der Waals surface area contributed by atoms with E-state index in [1.807, 2.05) is 58.0 Å². The Kier molecular flexibility index (Phi) is 9.08. The zero-order valence-corrected chi connectivity index (χ0v) is 25.7. The van der Waals surface area contributed by atoms with Gasteiger partial charge in [-0.1, -0.05) is 25.3 Å². The number of hydrogen-bond acceptors (Lipinski definition) is 4. The molecule has 0 saturated heterocycles. The van der Waals surface area contributed by atoms with Crippen LogP contribution in [-0.2, 0) is 26.4 Å². The maximum atomic E-state index is 11.5. The fourth-order valence-corrected chi connectivity index (χ4v) is 5.77. The van der Waals surface area contributed by atoms with E-state index in [9.17, 15) is 19.8 Å². The Labute approximate surface area is 260 Å². The minimum atomic E-state index is -0.889. The van der Waals surface area contributed by atoms with E-state index >= 15 is 0 Å². The number of allylic oxidation sites excluding steroid dienone is 4. The molecule has 0 fully saturated rings. The molecule has 0 saturated carbocycles. The second kappa shape index (κ2) is 12.4. The summed E-state index contributed by atoms with van der Waals surface area (Å²) < 4.78 is 0. The van der Waals surface area contributed by atoms with E-state index in [1.54, 1.807) is 0 Å². The van der Waals surface area contributed by atoms with Crippen molar-refractivity contribution in [2.75, 3.05) is 0 Å². The number of carboxylic acid groups (broad SMARTS) is 2. The molecule has 9 heteroatoms. The van der Waals surface area contributed by atoms with Crippen LogP contribution in [0.2, 0.25) is 0 Å². The number of aromatic nitrogens is 4. The van der Waals surface area contributed by atoms with E-state index in [2.05, 4.69) is 29.2 Å². The quantitative estimate of drug-likeness (QED) is 0.203. The van der Waals surface area contributed by atoms with Crippen LogP contribution >= 0.6 is 0 Å². The van der Waals surface area contributed by atoms with Crippen molar-refractivity contribution < 1.29 is 36.6 Å². The smallest absolute Gasteiger partial charge is 0.303 e. The van der Waals surface area contributed by atoms with Gasteiger partial charge in [0.1, 0.15) is 0 Å². The van der Waals surface area contributed by atoms with Crippen molar-refractivity contribution in [1.29, 1.82) is 0 Å². The van der Waals surface area contributed by atoms with Gasteiger partial charge in [0.05, 0.1) is 22.8 Å². The molecule has 43 heavy (non-hydrogen) atoms. The zero-order chi connectivity index (χ0) is 30.3. The van der Waals surface area contributed by atoms with Crippen LogP contribution in [0.3, 0.4) is 0 Å². The van der Waals surface area contributed by atoms with Gasteiger partial charge in [0.15, 0.2) is 0 Å². The van der Waals surface area contributed by atoms with E-state index in [0.717, 1.165) is 78.0 Å². The van der Waals surface area contributed by atoms with Crippen LogP contribution in [0.5, 0.6) is 0 Å². The van der Waals surface area contributed by atoms with Crippen LogP contribution in [0.4, 0.5) is 0 Å². The van der Waals surface area contributed by atoms with Gasteiger partial charge in [0.2, 0.25) is 0 Å². The molecule has 8 bridgehead atoms. The molecule has 3 aromatic rings. The summed E-state index contributed by atoms with van der Waals surface area (Å²) in [6.45, 7) is 16.1. The molecule has 0 aliphatic carbocycles. The molecule has 0 atom stereocenters. The number of H-pyrrole nitrogens is 2. The number of nitrogens with zero attached hydrogens (tertiary/aromatic N) is 2. The molecule has 2 aliphatic rings. The molecular formula is C34H34CoN4O4. The van der Waals surface area contributed by atoms with Crippen LogP contribution in [0, 0.1) is 13.8 Å². The first-order chi connectivity index (χ1) is 20.0. The summed E-state index contributed by atoms with van der Waals surface area (Å²) in [6.07, 6.45) is 4.20. The molecular weight excluding hydrogens is 587 g/mol. The average molecular weight is 622 g/mol. The molecule has 1 radical (unpaired) electrons. The van der Waals surface area contributed by atoms with Crippen LogP contribution < -0.4 is 0 Å². The molecule has 4 N–H and O–H groups in total. The Hall–Kier alpha value is -4.47. The Morgan fingerprint density at radius 3 is 1.49 bits per heavy atom. The molecule has 3 aromatic heterocycles. The third-order valence-electron chi connectivity index (χ3n) is 8.22. The van der Waals surface area contributed by atoms with Gasteiger partial charge in [-0.2, -0.15) is 0 Å². The van der Waals surface area contributed by atoms with Crippen molar-refractivity contribution in [3.63, 3.8) is 0 Å². The summed E-state index contributed by atoms with van der Waals surface area (Å²) in [4.78, 5) is 40.0. The number of carbonyl (C=O) groups is 2. The van der Waals surface area contributed by atoms with Crippen molar-refractivity contribution in [2.24, 2.45) is 0 Å². The van der Waals surface area contributed by atoms with E-state index in [0.29, 0.717) is 24.2 Å². The second-order valence-electron chi connectivity index (χ2n) is 10.7. The van der Waals surface area contributed by atoms with E-state index in [4.69, 9.17) is 9.97 Å². The van der Waals surface area contributed by atoms with Crippen molar-refractivity contribution in [1.82, 2.24) is 19.9 Å². The number of carboxylic acids is 2. The van der Waals surface area contributed by atoms with Crippen molar-refractivity contribution in [3.05, 3.63) is 82.5 Å². The largest absolute Gasteiger partial charge is 0.481 e. The molecule has 223 valence electrons. The molecule has 0 aromatic carbocycles. The number of aliphatic carboxylic acids is 2. The van der Waals surface area contributed by atoms with E-state index < -0.39 is 11.9 Å². The van der Waals surface area contributed by atoms with Gasteiger partial charge in [-0.15, -0.1) is 0 Å². The SMILES string of the molecule is C=Cc1c(C)c2cc3[nH]c(cc4nc(cc5nc(cc1[nH]2)C(C)=C5CCC(=O)O)C(CCC(=O)O)=C4C)c(C)c3C=C.[Co]. The minimum absolute atomic E-state index is 0. The van der Waals surface area contributed by atoms with Gasteiger partial charge in [-0.05, 0) is 98.2 Å². The Morgan fingerprint density at radius 2 is 1.07 bits per heavy atom. The number of fused-ring (bicyclic) bond motifs is 8. The van der Waals surface area contributed by atoms with Gasteiger partial charge in [0.25, 0.3) is 0 Å². The first-order valence-corrected chi connectivity index (χ1v) is 13.9. The molecule has 5 rings (SSSR count). The maximum absolute atomic E-state index is 11.5. The number of hydrogen-bond donors (Lipinski definition) is 4. The zero-order valence-electron chi connectivity index (χ0n) is 24.6. The summed E-state index contributed by atoms with van der Waals surface area (Å²) in [5.41, 5.74) is 13.7. The van der Waals surface area contributed by atoms with Gasteiger partial charge >= 0.3 is 11.9 Å². The number of aryl methyl sites for hydroxylation is 2. The first-order valence-electron chi connectivity index (χ1n) is 13.9. The van der Waals surface area contributed by atoms with Crippen LogP contribution in [-0.4, -0.2) is 42.1 Å². The number of nitrogens with one attached hydrogen (secondary N) is 2. The van der Waals surface area contributed by atoms with Crippen LogP contribution in [0.1, 0.15) is 84.6 Å². The van der Waals surface area contributed by atoms with E-state index in [-0.39, 0.29) is 29.6 Å². The second-order valence-corrected chi connectivity index (χ2v) is 10.7. The first kappa shape index (κ1) is 31.5. The Morgan fingerprint density at radius 1 is 0.674 bits per heavy atom. The molecule has 2 aliphatic heterocycles. The number of rotatable bonds is 8. The third-order valence-corrected chi connectivity index (χ3v) is 8.22. The predicted molar refractivity (Wildman–Crippen MR) is 169 cm³/mol. The summed E-state index contributed by atoms with van der Waals surface area (Å²) >= 11 is 0. The van der Waals surface area contributed by atoms with E-state index in [1.165, 1.54) is 0 Å². The molecule has 0 unspecified atom stereocenters. The number of aromatic amines is 2. The van der Waals surface area contributed by atoms with Gasteiger partial charge in [-0.25, -0.2) is 9.97 Å². The standard InChI is InChI=1S/C34H34N4O4.Co/c1-7-21-17(3)25-13-26-19(5)23(9-11-33(39)40)31(37-26)16-32-24(10-12-34(41)42)20(6)28(38-32)15-30-22(8-2)18(4)27(36-30)14-29(21)35-25;/h7-8,13-16,35-36H,1-2,9-12H2,3-6H3,(H,39,40)(H,41,42);. The third kappa shape index (κ3) is 5.91. The van der Waals surface area contributed by atoms with Gasteiger partial charge < -0.3 is 20.2 Å². The predicted octanol–water partition coefficient (Wildman–Crippen LogP) is 7.81. The van der Waals surface area contributed by atoms with Crippen molar-refractivity contribution >= 4 is 68.4 Å². The monoisotopic (exact) mass is 621 g/mol. The molecule has 0 amide bonds. The van der Waals surface area contributed by atoms with Crippen LogP contribution in [0.15, 0.2) is 37.4 Å². The fourth-order valence-electron chi connectivity index (χ4n) is 5.77. The van der Waals surface area contributed by atoms with Gasteiger partial charge in [0, 0.05) is 62.8 Å². The molecule has 5 heterocycles. The van der Waals surface area contributed by atoms with Crippen LogP contribution in [0.25, 0.3) is 56.5 Å². The van der Waals surface area contributed by atoms with Crippen molar-refractivity contribution in [2.45, 2.75) is 53.4 Å². The van der Waals surface area contributed by atoms with Gasteiger partial charge in [-0.3, -0.25) is 9.59 Å².